The second kappa shape index (κ2) is 9.42. The molecule has 1 aliphatic rings. The van der Waals surface area contributed by atoms with Crippen LogP contribution in [0.5, 0.6) is 17.2 Å². The number of benzene rings is 3. The third kappa shape index (κ3) is 4.50. The van der Waals surface area contributed by atoms with Gasteiger partial charge in [-0.1, -0.05) is 24.3 Å². The second-order valence-corrected chi connectivity index (χ2v) is 8.27. The Morgan fingerprint density at radius 2 is 1.80 bits per heavy atom. The highest BCUT2D eigenvalue weighted by atomic mass is 16.7. The highest BCUT2D eigenvalue weighted by Crippen LogP contribution is 2.32. The lowest BCUT2D eigenvalue weighted by molar-refractivity contribution is 0.0952. The largest absolute Gasteiger partial charge is 0.497 e. The van der Waals surface area contributed by atoms with E-state index in [1.54, 1.807) is 29.9 Å². The molecule has 0 atom stereocenters. The van der Waals surface area contributed by atoms with E-state index in [1.165, 1.54) is 0 Å². The summed E-state index contributed by atoms with van der Waals surface area (Å²) in [7, 11) is 1.60. The van der Waals surface area contributed by atoms with E-state index in [4.69, 9.17) is 19.9 Å². The average molecular weight is 472 g/mol. The Morgan fingerprint density at radius 3 is 2.60 bits per heavy atom. The Hall–Kier alpha value is -4.46. The maximum atomic E-state index is 13.4. The van der Waals surface area contributed by atoms with Crippen LogP contribution in [0.2, 0.25) is 0 Å². The zero-order valence-electron chi connectivity index (χ0n) is 19.2. The number of nitrogens with one attached hydrogen (secondary N) is 1. The molecule has 1 amide bonds. The molecule has 4 aromatic rings. The standard InChI is InChI=1S/C27H25N3O5/c1-33-19-8-5-18(6-9-19)15-30-23-4-2-3-22(28)20(23)14-21(27(30)32)26(31)29-12-11-17-7-10-24-25(13-17)35-16-34-24/h2-10,13-14H,11-12,15-16,28H2,1H3,(H,29,31). The number of amides is 1. The molecule has 0 spiro atoms. The predicted molar refractivity (Wildman–Crippen MR) is 133 cm³/mol. The molecule has 3 aromatic carbocycles. The molecule has 0 saturated carbocycles. The second-order valence-electron chi connectivity index (χ2n) is 8.27. The summed E-state index contributed by atoms with van der Waals surface area (Å²) in [6.45, 7) is 0.864. The lowest BCUT2D eigenvalue weighted by atomic mass is 10.1. The lowest BCUT2D eigenvalue weighted by Crippen LogP contribution is -2.34. The van der Waals surface area contributed by atoms with Crippen LogP contribution in [0, 0.1) is 0 Å². The minimum atomic E-state index is -0.440. The van der Waals surface area contributed by atoms with Crippen molar-refractivity contribution in [3.8, 4) is 17.2 Å². The van der Waals surface area contributed by atoms with Crippen molar-refractivity contribution in [2.24, 2.45) is 0 Å². The molecule has 2 heterocycles. The first-order valence-electron chi connectivity index (χ1n) is 11.2. The molecule has 8 heteroatoms. The Labute approximate surface area is 201 Å². The van der Waals surface area contributed by atoms with Crippen LogP contribution in [0.25, 0.3) is 10.9 Å². The third-order valence-corrected chi connectivity index (χ3v) is 6.05. The van der Waals surface area contributed by atoms with Crippen LogP contribution < -0.4 is 30.8 Å². The van der Waals surface area contributed by atoms with E-state index in [-0.39, 0.29) is 17.9 Å². The summed E-state index contributed by atoms with van der Waals surface area (Å²) >= 11 is 0. The Kier molecular flexibility index (Phi) is 6.01. The molecule has 8 nitrogen and oxygen atoms in total. The van der Waals surface area contributed by atoms with Gasteiger partial charge in [-0.2, -0.15) is 0 Å². The van der Waals surface area contributed by atoms with Gasteiger partial charge < -0.3 is 29.8 Å². The maximum absolute atomic E-state index is 13.4. The van der Waals surface area contributed by atoms with Crippen LogP contribution in [0.3, 0.4) is 0 Å². The van der Waals surface area contributed by atoms with Gasteiger partial charge in [-0.15, -0.1) is 0 Å². The number of ether oxygens (including phenoxy) is 3. The Morgan fingerprint density at radius 1 is 1.03 bits per heavy atom. The molecule has 0 fully saturated rings. The van der Waals surface area contributed by atoms with Crippen molar-refractivity contribution >= 4 is 22.5 Å². The van der Waals surface area contributed by atoms with Gasteiger partial charge >= 0.3 is 0 Å². The van der Waals surface area contributed by atoms with Crippen molar-refractivity contribution in [2.75, 3.05) is 26.2 Å². The fourth-order valence-electron chi connectivity index (χ4n) is 4.17. The Balaban J connectivity index is 1.40. The molecule has 0 unspecified atom stereocenters. The fraction of sp³-hybridized carbons (Fsp3) is 0.185. The number of nitrogens with zero attached hydrogens (tertiary/aromatic N) is 1. The molecule has 0 aliphatic carbocycles. The number of nitrogens with two attached hydrogens (primary N) is 1. The van der Waals surface area contributed by atoms with Gasteiger partial charge in [-0.05, 0) is 60.0 Å². The van der Waals surface area contributed by atoms with E-state index < -0.39 is 5.91 Å². The quantitative estimate of drug-likeness (QED) is 0.401. The number of aromatic nitrogens is 1. The fourth-order valence-corrected chi connectivity index (χ4v) is 4.17. The smallest absolute Gasteiger partial charge is 0.264 e. The van der Waals surface area contributed by atoms with Crippen molar-refractivity contribution in [1.29, 1.82) is 0 Å². The summed E-state index contributed by atoms with van der Waals surface area (Å²) in [5.74, 6) is 1.69. The van der Waals surface area contributed by atoms with Crippen molar-refractivity contribution in [3.05, 3.63) is 93.8 Å². The zero-order chi connectivity index (χ0) is 24.4. The number of hydrogen-bond acceptors (Lipinski definition) is 6. The highest BCUT2D eigenvalue weighted by molar-refractivity contribution is 6.00. The normalized spacial score (nSPS) is 12.0. The summed E-state index contributed by atoms with van der Waals surface area (Å²) in [4.78, 5) is 26.5. The van der Waals surface area contributed by atoms with Gasteiger partial charge in [-0.3, -0.25) is 9.59 Å². The topological polar surface area (TPSA) is 105 Å². The molecular formula is C27H25N3O5. The molecule has 0 radical (unpaired) electrons. The SMILES string of the molecule is COc1ccc(Cn2c(=O)c(C(=O)NCCc3ccc4c(c3)OCO4)cc3c(N)cccc32)cc1. The number of pyridine rings is 1. The number of methoxy groups -OCH3 is 1. The average Bonchev–Trinajstić information content (AvgIpc) is 3.34. The molecule has 0 saturated heterocycles. The van der Waals surface area contributed by atoms with Crippen LogP contribution >= 0.6 is 0 Å². The highest BCUT2D eigenvalue weighted by Gasteiger charge is 2.18. The van der Waals surface area contributed by atoms with E-state index in [0.717, 1.165) is 16.9 Å². The lowest BCUT2D eigenvalue weighted by Gasteiger charge is -2.15. The van der Waals surface area contributed by atoms with E-state index in [2.05, 4.69) is 5.32 Å². The van der Waals surface area contributed by atoms with Gasteiger partial charge in [0.05, 0.1) is 19.2 Å². The number of hydrogen-bond donors (Lipinski definition) is 2. The van der Waals surface area contributed by atoms with Crippen LogP contribution in [0.15, 0.2) is 71.5 Å². The first kappa shape index (κ1) is 22.3. The maximum Gasteiger partial charge on any atom is 0.264 e. The summed E-state index contributed by atoms with van der Waals surface area (Å²) in [6, 6.07) is 20.1. The molecular weight excluding hydrogens is 446 g/mol. The van der Waals surface area contributed by atoms with Crippen molar-refractivity contribution in [1.82, 2.24) is 9.88 Å². The minimum absolute atomic E-state index is 0.0506. The van der Waals surface area contributed by atoms with Crippen LogP contribution in [0.1, 0.15) is 21.5 Å². The van der Waals surface area contributed by atoms with Gasteiger partial charge in [0.15, 0.2) is 11.5 Å². The van der Waals surface area contributed by atoms with Gasteiger partial charge in [0.25, 0.3) is 11.5 Å². The molecule has 35 heavy (non-hydrogen) atoms. The van der Waals surface area contributed by atoms with Crippen molar-refractivity contribution < 1.29 is 19.0 Å². The first-order chi connectivity index (χ1) is 17.0. The van der Waals surface area contributed by atoms with Crippen molar-refractivity contribution in [3.63, 3.8) is 0 Å². The number of carbonyl (C=O) groups is 1. The minimum Gasteiger partial charge on any atom is -0.497 e. The van der Waals surface area contributed by atoms with E-state index in [1.807, 2.05) is 48.5 Å². The van der Waals surface area contributed by atoms with Gasteiger partial charge in [0.2, 0.25) is 6.79 Å². The summed E-state index contributed by atoms with van der Waals surface area (Å²) in [5, 5.41) is 3.52. The van der Waals surface area contributed by atoms with Gasteiger partial charge in [0, 0.05) is 17.6 Å². The third-order valence-electron chi connectivity index (χ3n) is 6.05. The summed E-state index contributed by atoms with van der Waals surface area (Å²) < 4.78 is 17.5. The first-order valence-corrected chi connectivity index (χ1v) is 11.2. The van der Waals surface area contributed by atoms with Crippen molar-refractivity contribution in [2.45, 2.75) is 13.0 Å². The molecule has 1 aliphatic heterocycles. The van der Waals surface area contributed by atoms with E-state index in [0.29, 0.717) is 47.6 Å². The molecule has 178 valence electrons. The van der Waals surface area contributed by atoms with E-state index in [9.17, 15) is 9.59 Å². The Bertz CT molecular complexity index is 1460. The summed E-state index contributed by atoms with van der Waals surface area (Å²) in [6.07, 6.45) is 0.581. The van der Waals surface area contributed by atoms with Gasteiger partial charge in [-0.25, -0.2) is 0 Å². The number of carbonyl (C=O) groups excluding carboxylic acids is 1. The molecule has 1 aromatic heterocycles. The number of rotatable bonds is 7. The van der Waals surface area contributed by atoms with Crippen LogP contribution in [-0.2, 0) is 13.0 Å². The number of nitrogen functional groups attached to an aromatic ring is 1. The predicted octanol–water partition coefficient (Wildman–Crippen LogP) is 3.34. The number of fused-ring (bicyclic) bond motifs is 2. The van der Waals surface area contributed by atoms with Crippen LogP contribution in [-0.4, -0.2) is 30.9 Å². The van der Waals surface area contributed by atoms with Gasteiger partial charge in [0.1, 0.15) is 11.3 Å². The van der Waals surface area contributed by atoms with E-state index >= 15 is 0 Å². The monoisotopic (exact) mass is 471 g/mol. The molecule has 0 bridgehead atoms. The zero-order valence-corrected chi connectivity index (χ0v) is 19.2. The molecule has 5 rings (SSSR count). The molecule has 3 N–H and O–H groups in total. The van der Waals surface area contributed by atoms with Crippen LogP contribution in [0.4, 0.5) is 5.69 Å². The summed E-state index contributed by atoms with van der Waals surface area (Å²) in [5.41, 5.74) is 8.95. The number of anilines is 1.